The summed E-state index contributed by atoms with van der Waals surface area (Å²) in [5.41, 5.74) is 2.37. The van der Waals surface area contributed by atoms with Crippen molar-refractivity contribution in [3.63, 3.8) is 0 Å². The summed E-state index contributed by atoms with van der Waals surface area (Å²) in [5, 5.41) is 1.02. The van der Waals surface area contributed by atoms with Crippen LogP contribution in [0.3, 0.4) is 0 Å². The lowest BCUT2D eigenvalue weighted by atomic mass is 10.2. The lowest BCUT2D eigenvalue weighted by Gasteiger charge is -2.23. The summed E-state index contributed by atoms with van der Waals surface area (Å²) in [7, 11) is 1.99. The highest BCUT2D eigenvalue weighted by molar-refractivity contribution is 7.21. The molecule has 0 saturated heterocycles. The number of benzene rings is 1. The number of amides is 1. The molecule has 0 N–H and O–H groups in total. The first-order chi connectivity index (χ1) is 15.7. The number of thiophene rings is 1. The third-order valence-corrected chi connectivity index (χ3v) is 6.64. The molecular formula is C25H27N5OS. The van der Waals surface area contributed by atoms with Crippen LogP contribution < -0.4 is 4.90 Å². The zero-order valence-electron chi connectivity index (χ0n) is 18.4. The number of rotatable bonds is 9. The van der Waals surface area contributed by atoms with Crippen molar-refractivity contribution in [3.05, 3.63) is 72.8 Å². The van der Waals surface area contributed by atoms with Gasteiger partial charge in [-0.05, 0) is 42.7 Å². The predicted molar refractivity (Wildman–Crippen MR) is 131 cm³/mol. The molecule has 0 radical (unpaired) electrons. The molecule has 1 aromatic carbocycles. The molecule has 0 saturated carbocycles. The van der Waals surface area contributed by atoms with E-state index in [2.05, 4.69) is 38.1 Å². The first kappa shape index (κ1) is 21.9. The van der Waals surface area contributed by atoms with Crippen LogP contribution in [-0.2, 0) is 11.2 Å². The van der Waals surface area contributed by atoms with E-state index in [0.717, 1.165) is 22.5 Å². The van der Waals surface area contributed by atoms with Gasteiger partial charge in [0.15, 0.2) is 0 Å². The smallest absolute Gasteiger partial charge is 0.224 e. The first-order valence-electron chi connectivity index (χ1n) is 10.8. The molecule has 4 rings (SSSR count). The Balaban J connectivity index is 1.41. The Hall–Kier alpha value is -3.32. The average Bonchev–Trinajstić information content (AvgIpc) is 3.29. The van der Waals surface area contributed by atoms with Gasteiger partial charge in [0, 0.05) is 50.4 Å². The van der Waals surface area contributed by atoms with Crippen LogP contribution in [0.5, 0.6) is 0 Å². The van der Waals surface area contributed by atoms with E-state index in [9.17, 15) is 4.79 Å². The van der Waals surface area contributed by atoms with E-state index in [1.54, 1.807) is 30.1 Å². The minimum Gasteiger partial charge on any atom is -0.359 e. The summed E-state index contributed by atoms with van der Waals surface area (Å²) in [6.45, 7) is 4.05. The molecule has 0 fully saturated rings. The number of likely N-dealkylation sites (N-methyl/N-ethyl adjacent to an activating group) is 1. The predicted octanol–water partition coefficient (Wildman–Crippen LogP) is 4.67. The third-order valence-electron chi connectivity index (χ3n) is 5.54. The third kappa shape index (κ3) is 5.11. The maximum Gasteiger partial charge on any atom is 0.224 e. The molecule has 3 aromatic heterocycles. The van der Waals surface area contributed by atoms with Gasteiger partial charge in [0.25, 0.3) is 0 Å². The molecule has 0 bridgehead atoms. The Labute approximate surface area is 192 Å². The van der Waals surface area contributed by atoms with Gasteiger partial charge in [-0.25, -0.2) is 9.97 Å². The standard InChI is InChI=1S/C25H27N5OS/c1-3-30(16-11-19-9-13-26-14-10-19)23(31)12-15-29(2)24-21-17-22(20-7-5-4-6-8-20)32-25(21)28-18-27-24/h4-10,13-14,17-18H,3,11-12,15-16H2,1-2H3. The van der Waals surface area contributed by atoms with Gasteiger partial charge < -0.3 is 9.80 Å². The van der Waals surface area contributed by atoms with Crippen molar-refractivity contribution in [1.82, 2.24) is 19.9 Å². The number of carbonyl (C=O) groups excluding carboxylic acids is 1. The Bertz CT molecular complexity index is 1160. The molecule has 0 aliphatic heterocycles. The SMILES string of the molecule is CCN(CCc1ccncc1)C(=O)CCN(C)c1ncnc2sc(-c3ccccc3)cc12. The Morgan fingerprint density at radius 3 is 2.56 bits per heavy atom. The van der Waals surface area contributed by atoms with E-state index >= 15 is 0 Å². The van der Waals surface area contributed by atoms with E-state index in [-0.39, 0.29) is 5.91 Å². The Morgan fingerprint density at radius 1 is 1.03 bits per heavy atom. The maximum atomic E-state index is 12.8. The molecule has 0 aliphatic rings. The second kappa shape index (κ2) is 10.3. The van der Waals surface area contributed by atoms with Gasteiger partial charge in [0.2, 0.25) is 5.91 Å². The van der Waals surface area contributed by atoms with Gasteiger partial charge in [-0.2, -0.15) is 0 Å². The summed E-state index contributed by atoms with van der Waals surface area (Å²) < 4.78 is 0. The summed E-state index contributed by atoms with van der Waals surface area (Å²) >= 11 is 1.66. The van der Waals surface area contributed by atoms with Gasteiger partial charge >= 0.3 is 0 Å². The van der Waals surface area contributed by atoms with Gasteiger partial charge in [0.1, 0.15) is 17.0 Å². The van der Waals surface area contributed by atoms with Crippen molar-refractivity contribution in [2.24, 2.45) is 0 Å². The summed E-state index contributed by atoms with van der Waals surface area (Å²) in [4.78, 5) is 32.0. The zero-order valence-corrected chi connectivity index (χ0v) is 19.3. The van der Waals surface area contributed by atoms with Crippen LogP contribution in [0.2, 0.25) is 0 Å². The molecule has 0 spiro atoms. The molecule has 0 atom stereocenters. The molecule has 4 aromatic rings. The fourth-order valence-electron chi connectivity index (χ4n) is 3.69. The second-order valence-corrected chi connectivity index (χ2v) is 8.67. The first-order valence-corrected chi connectivity index (χ1v) is 11.6. The highest BCUT2D eigenvalue weighted by Gasteiger charge is 2.16. The van der Waals surface area contributed by atoms with E-state index in [4.69, 9.17) is 0 Å². The van der Waals surface area contributed by atoms with E-state index in [0.29, 0.717) is 26.1 Å². The van der Waals surface area contributed by atoms with E-state index in [1.807, 2.05) is 49.2 Å². The monoisotopic (exact) mass is 445 g/mol. The molecule has 0 unspecified atom stereocenters. The van der Waals surface area contributed by atoms with Crippen LogP contribution in [0, 0.1) is 0 Å². The number of carbonyl (C=O) groups is 1. The molecule has 32 heavy (non-hydrogen) atoms. The molecular weight excluding hydrogens is 418 g/mol. The van der Waals surface area contributed by atoms with Crippen molar-refractivity contribution < 1.29 is 4.79 Å². The van der Waals surface area contributed by atoms with Gasteiger partial charge in [-0.3, -0.25) is 9.78 Å². The molecule has 1 amide bonds. The zero-order chi connectivity index (χ0) is 22.3. The molecule has 7 heteroatoms. The van der Waals surface area contributed by atoms with E-state index in [1.165, 1.54) is 16.0 Å². The quantitative estimate of drug-likeness (QED) is 0.375. The Morgan fingerprint density at radius 2 is 1.81 bits per heavy atom. The fraction of sp³-hybridized carbons (Fsp3) is 0.280. The van der Waals surface area contributed by atoms with Crippen molar-refractivity contribution in [2.75, 3.05) is 31.6 Å². The number of pyridine rings is 1. The molecule has 6 nitrogen and oxygen atoms in total. The lowest BCUT2D eigenvalue weighted by Crippen LogP contribution is -2.35. The topological polar surface area (TPSA) is 62.2 Å². The minimum absolute atomic E-state index is 0.161. The number of nitrogens with zero attached hydrogens (tertiary/aromatic N) is 5. The van der Waals surface area contributed by atoms with Gasteiger partial charge in [-0.15, -0.1) is 11.3 Å². The number of hydrogen-bond acceptors (Lipinski definition) is 6. The van der Waals surface area contributed by atoms with Crippen LogP contribution in [0.4, 0.5) is 5.82 Å². The van der Waals surface area contributed by atoms with Crippen molar-refractivity contribution in [1.29, 1.82) is 0 Å². The van der Waals surface area contributed by atoms with Crippen LogP contribution >= 0.6 is 11.3 Å². The van der Waals surface area contributed by atoms with Gasteiger partial charge in [-0.1, -0.05) is 30.3 Å². The van der Waals surface area contributed by atoms with Crippen molar-refractivity contribution >= 4 is 33.3 Å². The minimum atomic E-state index is 0.161. The summed E-state index contributed by atoms with van der Waals surface area (Å²) in [6, 6.07) is 16.4. The molecule has 0 aliphatic carbocycles. The summed E-state index contributed by atoms with van der Waals surface area (Å²) in [6.07, 6.45) is 6.47. The number of fused-ring (bicyclic) bond motifs is 1. The fourth-order valence-corrected chi connectivity index (χ4v) is 4.69. The largest absolute Gasteiger partial charge is 0.359 e. The van der Waals surface area contributed by atoms with Crippen LogP contribution in [0.25, 0.3) is 20.7 Å². The Kier molecular flexibility index (Phi) is 7.07. The van der Waals surface area contributed by atoms with Crippen molar-refractivity contribution in [3.8, 4) is 10.4 Å². The van der Waals surface area contributed by atoms with Crippen molar-refractivity contribution in [2.45, 2.75) is 19.8 Å². The number of hydrogen-bond donors (Lipinski definition) is 0. The number of anilines is 1. The lowest BCUT2D eigenvalue weighted by molar-refractivity contribution is -0.130. The molecule has 164 valence electrons. The normalized spacial score (nSPS) is 10.9. The second-order valence-electron chi connectivity index (χ2n) is 7.64. The highest BCUT2D eigenvalue weighted by Crippen LogP contribution is 2.35. The van der Waals surface area contributed by atoms with Gasteiger partial charge in [0.05, 0.1) is 5.39 Å². The molecule has 3 heterocycles. The highest BCUT2D eigenvalue weighted by atomic mass is 32.1. The number of aromatic nitrogens is 3. The van der Waals surface area contributed by atoms with Crippen LogP contribution in [0.15, 0.2) is 67.3 Å². The van der Waals surface area contributed by atoms with Crippen LogP contribution in [0.1, 0.15) is 18.9 Å². The summed E-state index contributed by atoms with van der Waals surface area (Å²) in [5.74, 6) is 1.02. The van der Waals surface area contributed by atoms with E-state index < -0.39 is 0 Å². The van der Waals surface area contributed by atoms with Crippen LogP contribution in [-0.4, -0.2) is 52.4 Å². The maximum absolute atomic E-state index is 12.8. The average molecular weight is 446 g/mol.